The predicted octanol–water partition coefficient (Wildman–Crippen LogP) is -2.37. The maximum Gasteiger partial charge on any atom is 0.0860 e. The summed E-state index contributed by atoms with van der Waals surface area (Å²) in [6.45, 7) is 0. The molecule has 0 radical (unpaired) electrons. The van der Waals surface area contributed by atoms with E-state index >= 15 is 0 Å². The van der Waals surface area contributed by atoms with Gasteiger partial charge >= 0.3 is 0 Å². The first-order chi connectivity index (χ1) is 5.04. The number of hydrogen-bond donors (Lipinski definition) is 5. The fraction of sp³-hybridized carbons (Fsp3) is 0.333. The Hall–Kier alpha value is -1.20. The van der Waals surface area contributed by atoms with Crippen LogP contribution in [0.1, 0.15) is 0 Å². The van der Waals surface area contributed by atoms with Gasteiger partial charge in [-0.05, 0) is 6.08 Å². The highest BCUT2D eigenvalue weighted by molar-refractivity contribution is 5.35. The molecule has 1 aliphatic carbocycles. The smallest absolute Gasteiger partial charge is 0.0860 e. The molecule has 0 aromatic heterocycles. The van der Waals surface area contributed by atoms with Crippen LogP contribution >= 0.6 is 0 Å². The molecule has 62 valence electrons. The van der Waals surface area contributed by atoms with Crippen molar-refractivity contribution < 1.29 is 0 Å². The molecule has 5 nitrogen and oxygen atoms in total. The predicted molar refractivity (Wildman–Crippen MR) is 43.6 cm³/mol. The lowest BCUT2D eigenvalue weighted by Gasteiger charge is -2.23. The van der Waals surface area contributed by atoms with Crippen LogP contribution in [0.4, 0.5) is 0 Å². The molecular formula is C6H13N5. The molecule has 5 heteroatoms. The number of nitrogens with two attached hydrogens (primary N) is 5. The second-order valence-electron chi connectivity index (χ2n) is 2.58. The van der Waals surface area contributed by atoms with Crippen molar-refractivity contribution in [2.75, 3.05) is 0 Å². The van der Waals surface area contributed by atoms with Gasteiger partial charge in [-0.2, -0.15) is 0 Å². The molecule has 0 fully saturated rings. The summed E-state index contributed by atoms with van der Waals surface area (Å²) in [5, 5.41) is 0. The minimum Gasteiger partial charge on any atom is -0.401 e. The molecule has 0 aromatic carbocycles. The van der Waals surface area contributed by atoms with Crippen molar-refractivity contribution in [2.45, 2.75) is 12.1 Å². The van der Waals surface area contributed by atoms with Crippen LogP contribution in [-0.2, 0) is 0 Å². The molecule has 0 aliphatic heterocycles. The first-order valence-electron chi connectivity index (χ1n) is 3.27. The Bertz CT molecular complexity index is 229. The zero-order chi connectivity index (χ0) is 8.59. The van der Waals surface area contributed by atoms with E-state index in [1.54, 1.807) is 6.08 Å². The van der Waals surface area contributed by atoms with Gasteiger partial charge in [-0.3, -0.25) is 0 Å². The summed E-state index contributed by atoms with van der Waals surface area (Å²) in [5.74, 6) is 0. The van der Waals surface area contributed by atoms with E-state index in [0.717, 1.165) is 0 Å². The SMILES string of the molecule is NC1=CC(N)C(N)=C(N)C1N. The normalized spacial score (nSPS) is 32.0. The average molecular weight is 155 g/mol. The van der Waals surface area contributed by atoms with E-state index in [0.29, 0.717) is 17.1 Å². The molecule has 0 bridgehead atoms. The molecule has 0 heterocycles. The van der Waals surface area contributed by atoms with E-state index in [2.05, 4.69) is 0 Å². The summed E-state index contributed by atoms with van der Waals surface area (Å²) < 4.78 is 0. The largest absolute Gasteiger partial charge is 0.401 e. The van der Waals surface area contributed by atoms with Crippen LogP contribution in [0.5, 0.6) is 0 Å². The Kier molecular flexibility index (Phi) is 1.76. The van der Waals surface area contributed by atoms with Gasteiger partial charge in [-0.25, -0.2) is 0 Å². The highest BCUT2D eigenvalue weighted by atomic mass is 14.9. The van der Waals surface area contributed by atoms with E-state index in [1.165, 1.54) is 0 Å². The van der Waals surface area contributed by atoms with Gasteiger partial charge in [0.25, 0.3) is 0 Å². The molecule has 0 amide bonds. The fourth-order valence-corrected chi connectivity index (χ4v) is 0.952. The van der Waals surface area contributed by atoms with Crippen molar-refractivity contribution in [3.8, 4) is 0 Å². The van der Waals surface area contributed by atoms with Crippen molar-refractivity contribution in [3.63, 3.8) is 0 Å². The van der Waals surface area contributed by atoms with Crippen LogP contribution in [0.2, 0.25) is 0 Å². The molecule has 11 heavy (non-hydrogen) atoms. The van der Waals surface area contributed by atoms with Crippen LogP contribution < -0.4 is 28.7 Å². The van der Waals surface area contributed by atoms with Crippen LogP contribution in [0, 0.1) is 0 Å². The third kappa shape index (κ3) is 1.15. The monoisotopic (exact) mass is 155 g/mol. The summed E-state index contributed by atoms with van der Waals surface area (Å²) in [5.41, 5.74) is 28.9. The van der Waals surface area contributed by atoms with Crippen molar-refractivity contribution in [1.82, 2.24) is 0 Å². The van der Waals surface area contributed by atoms with Crippen LogP contribution in [0.3, 0.4) is 0 Å². The van der Waals surface area contributed by atoms with Crippen LogP contribution in [-0.4, -0.2) is 12.1 Å². The Morgan fingerprint density at radius 1 is 1.00 bits per heavy atom. The second-order valence-corrected chi connectivity index (χ2v) is 2.58. The molecular weight excluding hydrogens is 142 g/mol. The van der Waals surface area contributed by atoms with Gasteiger partial charge in [0.1, 0.15) is 0 Å². The van der Waals surface area contributed by atoms with Crippen LogP contribution in [0.25, 0.3) is 0 Å². The molecule has 1 aliphatic rings. The number of rotatable bonds is 0. The molecule has 0 saturated carbocycles. The summed E-state index contributed by atoms with van der Waals surface area (Å²) in [6, 6.07) is -0.871. The zero-order valence-corrected chi connectivity index (χ0v) is 6.12. The van der Waals surface area contributed by atoms with Gasteiger partial charge in [-0.1, -0.05) is 0 Å². The van der Waals surface area contributed by atoms with Crippen molar-refractivity contribution in [3.05, 3.63) is 23.2 Å². The lowest BCUT2D eigenvalue weighted by Crippen LogP contribution is -2.44. The lowest BCUT2D eigenvalue weighted by atomic mass is 9.99. The highest BCUT2D eigenvalue weighted by Crippen LogP contribution is 2.12. The van der Waals surface area contributed by atoms with Crippen LogP contribution in [0.15, 0.2) is 23.2 Å². The minimum absolute atomic E-state index is 0.373. The van der Waals surface area contributed by atoms with E-state index < -0.39 is 12.1 Å². The van der Waals surface area contributed by atoms with E-state index in [-0.39, 0.29) is 0 Å². The lowest BCUT2D eigenvalue weighted by molar-refractivity contribution is 0.753. The molecule has 0 spiro atoms. The van der Waals surface area contributed by atoms with Gasteiger partial charge in [0.15, 0.2) is 0 Å². The van der Waals surface area contributed by atoms with E-state index in [1.807, 2.05) is 0 Å². The van der Waals surface area contributed by atoms with E-state index in [9.17, 15) is 0 Å². The van der Waals surface area contributed by atoms with Crippen molar-refractivity contribution in [1.29, 1.82) is 0 Å². The Labute approximate surface area is 64.9 Å². The zero-order valence-electron chi connectivity index (χ0n) is 6.12. The Morgan fingerprint density at radius 3 is 2.09 bits per heavy atom. The van der Waals surface area contributed by atoms with Gasteiger partial charge in [0, 0.05) is 5.70 Å². The first-order valence-corrected chi connectivity index (χ1v) is 3.27. The summed E-state index contributed by atoms with van der Waals surface area (Å²) in [7, 11) is 0. The topological polar surface area (TPSA) is 130 Å². The Morgan fingerprint density at radius 2 is 1.55 bits per heavy atom. The standard InChI is InChI=1S/C6H13N5/c7-2-1-3(8)5(10)6(11)4(2)9/h1-2,5H,7-11H2. The summed E-state index contributed by atoms with van der Waals surface area (Å²) in [6.07, 6.45) is 1.61. The van der Waals surface area contributed by atoms with Gasteiger partial charge in [-0.15, -0.1) is 0 Å². The highest BCUT2D eigenvalue weighted by Gasteiger charge is 2.21. The quantitative estimate of drug-likeness (QED) is 0.267. The van der Waals surface area contributed by atoms with Gasteiger partial charge in [0.05, 0.1) is 23.5 Å². The molecule has 2 unspecified atom stereocenters. The molecule has 2 atom stereocenters. The fourth-order valence-electron chi connectivity index (χ4n) is 0.952. The average Bonchev–Trinajstić information content (AvgIpc) is 1.97. The maximum absolute atomic E-state index is 5.56. The molecule has 10 N–H and O–H groups in total. The molecule has 0 saturated heterocycles. The summed E-state index contributed by atoms with van der Waals surface area (Å²) in [4.78, 5) is 0. The van der Waals surface area contributed by atoms with Crippen molar-refractivity contribution in [2.24, 2.45) is 28.7 Å². The summed E-state index contributed by atoms with van der Waals surface area (Å²) >= 11 is 0. The first kappa shape index (κ1) is 7.90. The maximum atomic E-state index is 5.56. The second kappa shape index (κ2) is 2.44. The third-order valence-corrected chi connectivity index (χ3v) is 1.76. The number of hydrogen-bond acceptors (Lipinski definition) is 5. The minimum atomic E-state index is -0.477. The Balaban J connectivity index is 2.98. The van der Waals surface area contributed by atoms with Gasteiger partial charge < -0.3 is 28.7 Å². The molecule has 0 aromatic rings. The molecule has 1 rings (SSSR count). The van der Waals surface area contributed by atoms with Crippen molar-refractivity contribution >= 4 is 0 Å². The van der Waals surface area contributed by atoms with Gasteiger partial charge in [0.2, 0.25) is 0 Å². The third-order valence-electron chi connectivity index (χ3n) is 1.76. The van der Waals surface area contributed by atoms with E-state index in [4.69, 9.17) is 28.7 Å².